The van der Waals surface area contributed by atoms with Crippen LogP contribution in [0.3, 0.4) is 0 Å². The summed E-state index contributed by atoms with van der Waals surface area (Å²) in [5.41, 5.74) is 0.556. The lowest BCUT2D eigenvalue weighted by Crippen LogP contribution is -2.48. The van der Waals surface area contributed by atoms with Crippen LogP contribution in [0.5, 0.6) is 0 Å². The van der Waals surface area contributed by atoms with Gasteiger partial charge in [0.1, 0.15) is 0 Å². The number of halogens is 2. The van der Waals surface area contributed by atoms with E-state index in [-0.39, 0.29) is 18.5 Å². The van der Waals surface area contributed by atoms with Crippen LogP contribution >= 0.6 is 0 Å². The van der Waals surface area contributed by atoms with Gasteiger partial charge in [0.25, 0.3) is 0 Å². The minimum atomic E-state index is -0.890. The van der Waals surface area contributed by atoms with Gasteiger partial charge in [-0.1, -0.05) is 19.4 Å². The van der Waals surface area contributed by atoms with Gasteiger partial charge in [-0.15, -0.1) is 0 Å². The molecule has 20 heavy (non-hydrogen) atoms. The first-order chi connectivity index (χ1) is 9.60. The van der Waals surface area contributed by atoms with Crippen molar-refractivity contribution >= 4 is 5.91 Å². The molecule has 2 rings (SSSR count). The van der Waals surface area contributed by atoms with Gasteiger partial charge in [0.05, 0.1) is 6.04 Å². The molecule has 1 aliphatic heterocycles. The van der Waals surface area contributed by atoms with E-state index >= 15 is 0 Å². The van der Waals surface area contributed by atoms with E-state index in [0.717, 1.165) is 37.9 Å². The zero-order valence-corrected chi connectivity index (χ0v) is 11.6. The molecule has 5 heteroatoms. The second-order valence-electron chi connectivity index (χ2n) is 5.27. The Labute approximate surface area is 117 Å². The summed E-state index contributed by atoms with van der Waals surface area (Å²) < 4.78 is 25.9. The molecule has 2 unspecified atom stereocenters. The molecule has 3 nitrogen and oxygen atoms in total. The maximum atomic E-state index is 13.1. The number of carbonyl (C=O) groups is 1. The molecule has 1 saturated heterocycles. The predicted octanol–water partition coefficient (Wildman–Crippen LogP) is 2.36. The molecule has 1 aromatic rings. The van der Waals surface area contributed by atoms with Crippen LogP contribution in [0.4, 0.5) is 8.78 Å². The highest BCUT2D eigenvalue weighted by Crippen LogP contribution is 2.19. The zero-order chi connectivity index (χ0) is 14.5. The van der Waals surface area contributed by atoms with E-state index in [1.807, 2.05) is 0 Å². The standard InChI is InChI=1S/C15H20F2N2O/c1-2-10-5-6-18-14(8-10)15(20)19-9-11-3-4-12(16)13(17)7-11/h3-4,7,10,14,18H,2,5-6,8-9H2,1H3,(H,19,20). The van der Waals surface area contributed by atoms with E-state index < -0.39 is 11.6 Å². The smallest absolute Gasteiger partial charge is 0.237 e. The van der Waals surface area contributed by atoms with Crippen LogP contribution in [0.25, 0.3) is 0 Å². The first kappa shape index (κ1) is 14.9. The summed E-state index contributed by atoms with van der Waals surface area (Å²) in [6.45, 7) is 3.19. The number of nitrogens with one attached hydrogen (secondary N) is 2. The second kappa shape index (κ2) is 6.79. The van der Waals surface area contributed by atoms with E-state index in [1.165, 1.54) is 6.07 Å². The summed E-state index contributed by atoms with van der Waals surface area (Å²) in [4.78, 5) is 12.0. The Bertz CT molecular complexity index is 479. The van der Waals surface area contributed by atoms with Gasteiger partial charge in [0, 0.05) is 6.54 Å². The molecule has 1 amide bonds. The van der Waals surface area contributed by atoms with Crippen LogP contribution in [0.15, 0.2) is 18.2 Å². The van der Waals surface area contributed by atoms with E-state index in [0.29, 0.717) is 11.5 Å². The molecule has 0 bridgehead atoms. The van der Waals surface area contributed by atoms with Gasteiger partial charge in [0.2, 0.25) is 5.91 Å². The average molecular weight is 282 g/mol. The number of hydrogen-bond acceptors (Lipinski definition) is 2. The maximum Gasteiger partial charge on any atom is 0.237 e. The summed E-state index contributed by atoms with van der Waals surface area (Å²) in [6, 6.07) is 3.47. The SMILES string of the molecule is CCC1CCNC(C(=O)NCc2ccc(F)c(F)c2)C1. The molecular weight excluding hydrogens is 262 g/mol. The van der Waals surface area contributed by atoms with Gasteiger partial charge in [-0.2, -0.15) is 0 Å². The quantitative estimate of drug-likeness (QED) is 0.890. The number of piperidine rings is 1. The van der Waals surface area contributed by atoms with E-state index in [1.54, 1.807) is 0 Å². The third kappa shape index (κ3) is 3.76. The summed E-state index contributed by atoms with van der Waals surface area (Å²) in [5.74, 6) is -1.26. The van der Waals surface area contributed by atoms with Crippen molar-refractivity contribution in [1.29, 1.82) is 0 Å². The fourth-order valence-electron chi connectivity index (χ4n) is 2.53. The second-order valence-corrected chi connectivity index (χ2v) is 5.27. The molecule has 1 heterocycles. The Kier molecular flexibility index (Phi) is 5.06. The third-order valence-corrected chi connectivity index (χ3v) is 3.86. The lowest BCUT2D eigenvalue weighted by atomic mass is 9.90. The van der Waals surface area contributed by atoms with Crippen molar-refractivity contribution in [1.82, 2.24) is 10.6 Å². The summed E-state index contributed by atoms with van der Waals surface area (Å²) in [7, 11) is 0. The number of amides is 1. The molecule has 1 fully saturated rings. The van der Waals surface area contributed by atoms with Crippen LogP contribution in [0.1, 0.15) is 31.7 Å². The molecule has 0 aromatic heterocycles. The van der Waals surface area contributed by atoms with Crippen LogP contribution < -0.4 is 10.6 Å². The average Bonchev–Trinajstić information content (AvgIpc) is 2.48. The number of hydrogen-bond donors (Lipinski definition) is 2. The normalized spacial score (nSPS) is 22.6. The molecule has 2 N–H and O–H groups in total. The van der Waals surface area contributed by atoms with Crippen molar-refractivity contribution in [3.63, 3.8) is 0 Å². The van der Waals surface area contributed by atoms with Gasteiger partial charge in [-0.3, -0.25) is 4.79 Å². The first-order valence-electron chi connectivity index (χ1n) is 7.05. The summed E-state index contributed by atoms with van der Waals surface area (Å²) >= 11 is 0. The van der Waals surface area contributed by atoms with Crippen molar-refractivity contribution in [2.75, 3.05) is 6.54 Å². The highest BCUT2D eigenvalue weighted by Gasteiger charge is 2.25. The molecular formula is C15H20F2N2O. The van der Waals surface area contributed by atoms with Gasteiger partial charge in [-0.05, 0) is 43.0 Å². The summed E-state index contributed by atoms with van der Waals surface area (Å²) in [6.07, 6.45) is 3.01. The van der Waals surface area contributed by atoms with Crippen molar-refractivity contribution < 1.29 is 13.6 Å². The Balaban J connectivity index is 1.86. The Morgan fingerprint density at radius 2 is 2.20 bits per heavy atom. The van der Waals surface area contributed by atoms with E-state index in [4.69, 9.17) is 0 Å². The number of carbonyl (C=O) groups excluding carboxylic acids is 1. The molecule has 110 valence electrons. The lowest BCUT2D eigenvalue weighted by Gasteiger charge is -2.28. The van der Waals surface area contributed by atoms with Crippen LogP contribution in [-0.4, -0.2) is 18.5 Å². The van der Waals surface area contributed by atoms with Crippen LogP contribution in [0.2, 0.25) is 0 Å². The molecule has 2 atom stereocenters. The predicted molar refractivity (Wildman–Crippen MR) is 73.0 cm³/mol. The fraction of sp³-hybridized carbons (Fsp3) is 0.533. The molecule has 0 saturated carbocycles. The van der Waals surface area contributed by atoms with E-state index in [2.05, 4.69) is 17.6 Å². The Morgan fingerprint density at radius 3 is 2.90 bits per heavy atom. The zero-order valence-electron chi connectivity index (χ0n) is 11.6. The van der Waals surface area contributed by atoms with Crippen LogP contribution in [-0.2, 0) is 11.3 Å². The highest BCUT2D eigenvalue weighted by molar-refractivity contribution is 5.81. The monoisotopic (exact) mass is 282 g/mol. The van der Waals surface area contributed by atoms with Gasteiger partial charge >= 0.3 is 0 Å². The maximum absolute atomic E-state index is 13.1. The molecule has 0 aliphatic carbocycles. The van der Waals surface area contributed by atoms with Crippen LogP contribution in [0, 0.1) is 17.6 Å². The molecule has 1 aliphatic rings. The largest absolute Gasteiger partial charge is 0.351 e. The lowest BCUT2D eigenvalue weighted by molar-refractivity contribution is -0.124. The molecule has 0 radical (unpaired) electrons. The Hall–Kier alpha value is -1.49. The molecule has 0 spiro atoms. The highest BCUT2D eigenvalue weighted by atomic mass is 19.2. The first-order valence-corrected chi connectivity index (χ1v) is 7.05. The molecule has 1 aromatic carbocycles. The Morgan fingerprint density at radius 1 is 1.40 bits per heavy atom. The summed E-state index contributed by atoms with van der Waals surface area (Å²) in [5, 5.41) is 5.96. The fourth-order valence-corrected chi connectivity index (χ4v) is 2.53. The third-order valence-electron chi connectivity index (χ3n) is 3.86. The van der Waals surface area contributed by atoms with E-state index in [9.17, 15) is 13.6 Å². The number of benzene rings is 1. The van der Waals surface area contributed by atoms with Crippen molar-refractivity contribution in [2.45, 2.75) is 38.8 Å². The van der Waals surface area contributed by atoms with Gasteiger partial charge < -0.3 is 10.6 Å². The minimum Gasteiger partial charge on any atom is -0.351 e. The minimum absolute atomic E-state index is 0.0760. The van der Waals surface area contributed by atoms with Gasteiger partial charge in [0.15, 0.2) is 11.6 Å². The van der Waals surface area contributed by atoms with Crippen molar-refractivity contribution in [2.24, 2.45) is 5.92 Å². The topological polar surface area (TPSA) is 41.1 Å². The van der Waals surface area contributed by atoms with Crippen molar-refractivity contribution in [3.05, 3.63) is 35.4 Å². The van der Waals surface area contributed by atoms with Crippen molar-refractivity contribution in [3.8, 4) is 0 Å². The number of rotatable bonds is 4. The van der Waals surface area contributed by atoms with Gasteiger partial charge in [-0.25, -0.2) is 8.78 Å².